The second-order valence-corrected chi connectivity index (χ2v) is 9.31. The van der Waals surface area contributed by atoms with Gasteiger partial charge in [-0.2, -0.15) is 5.10 Å². The van der Waals surface area contributed by atoms with Gasteiger partial charge in [-0.05, 0) is 42.8 Å². The van der Waals surface area contributed by atoms with Gasteiger partial charge in [0, 0.05) is 11.6 Å². The molecule has 30 heavy (non-hydrogen) atoms. The van der Waals surface area contributed by atoms with Crippen molar-refractivity contribution in [2.24, 2.45) is 0 Å². The number of methoxy groups -OCH3 is 1. The molecule has 2 aromatic carbocycles. The Bertz CT molecular complexity index is 1190. The smallest absolute Gasteiger partial charge is 0.259 e. The first kappa shape index (κ1) is 20.1. The lowest BCUT2D eigenvalue weighted by Gasteiger charge is -2.14. The number of halogens is 1. The molecule has 0 unspecified atom stereocenters. The molecule has 0 aliphatic carbocycles. The summed E-state index contributed by atoms with van der Waals surface area (Å²) in [5.74, 6) is -0.254. The number of carbonyl (C=O) groups excluding carboxylic acids is 1. The van der Waals surface area contributed by atoms with E-state index in [1.807, 2.05) is 12.1 Å². The third kappa shape index (κ3) is 4.06. The van der Waals surface area contributed by atoms with Gasteiger partial charge >= 0.3 is 0 Å². The summed E-state index contributed by atoms with van der Waals surface area (Å²) in [6, 6.07) is 14.1. The van der Waals surface area contributed by atoms with E-state index in [9.17, 15) is 17.6 Å². The fraction of sp³-hybridized carbons (Fsp3) is 0.238. The largest absolute Gasteiger partial charge is 0.497 e. The van der Waals surface area contributed by atoms with Crippen molar-refractivity contribution in [1.82, 2.24) is 9.78 Å². The zero-order valence-electron chi connectivity index (χ0n) is 16.2. The van der Waals surface area contributed by atoms with Crippen molar-refractivity contribution in [3.05, 3.63) is 66.0 Å². The molecule has 1 aliphatic heterocycles. The molecule has 2 heterocycles. The van der Waals surface area contributed by atoms with Gasteiger partial charge in [0.05, 0.1) is 35.9 Å². The van der Waals surface area contributed by atoms with Gasteiger partial charge in [0.25, 0.3) is 5.91 Å². The molecule has 1 aromatic heterocycles. The monoisotopic (exact) mass is 429 g/mol. The summed E-state index contributed by atoms with van der Waals surface area (Å²) in [4.78, 5) is 12.6. The van der Waals surface area contributed by atoms with Crippen LogP contribution in [-0.4, -0.2) is 42.7 Å². The van der Waals surface area contributed by atoms with E-state index in [0.29, 0.717) is 23.7 Å². The second-order valence-electron chi connectivity index (χ2n) is 7.08. The van der Waals surface area contributed by atoms with Crippen LogP contribution in [0.2, 0.25) is 0 Å². The minimum absolute atomic E-state index is 0.0562. The Morgan fingerprint density at radius 1 is 1.20 bits per heavy atom. The molecule has 1 amide bonds. The molecule has 1 N–H and O–H groups in total. The van der Waals surface area contributed by atoms with E-state index in [-0.39, 0.29) is 17.1 Å². The van der Waals surface area contributed by atoms with Crippen molar-refractivity contribution >= 4 is 21.6 Å². The molecule has 0 spiro atoms. The molecule has 0 radical (unpaired) electrons. The number of carbonyl (C=O) groups is 1. The number of hydrogen-bond acceptors (Lipinski definition) is 5. The van der Waals surface area contributed by atoms with E-state index in [4.69, 9.17) is 4.74 Å². The number of amides is 1. The third-order valence-electron chi connectivity index (χ3n) is 5.04. The maximum absolute atomic E-state index is 14.0. The quantitative estimate of drug-likeness (QED) is 0.672. The fourth-order valence-electron chi connectivity index (χ4n) is 3.47. The molecule has 9 heteroatoms. The van der Waals surface area contributed by atoms with Gasteiger partial charge in [0.1, 0.15) is 17.4 Å². The Kier molecular flexibility index (Phi) is 5.29. The predicted octanol–water partition coefficient (Wildman–Crippen LogP) is 3.31. The highest BCUT2D eigenvalue weighted by Gasteiger charge is 2.32. The first-order chi connectivity index (χ1) is 14.4. The van der Waals surface area contributed by atoms with Crippen molar-refractivity contribution in [2.45, 2.75) is 12.5 Å². The number of ether oxygens (including phenoxy) is 1. The molecule has 1 saturated heterocycles. The standard InChI is InChI=1S/C21H20FN3O4S/c1-29-16-8-6-14(7-9-16)19-12-20(23-21(26)17-4-2-3-5-18(17)22)25(24-19)15-10-11-30(27,28)13-15/h2-9,12,15H,10-11,13H2,1H3,(H,23,26)/t15-/m0/s1. The Morgan fingerprint density at radius 3 is 2.57 bits per heavy atom. The van der Waals surface area contributed by atoms with E-state index in [2.05, 4.69) is 10.4 Å². The van der Waals surface area contributed by atoms with Crippen LogP contribution < -0.4 is 10.1 Å². The van der Waals surface area contributed by atoms with E-state index < -0.39 is 27.6 Å². The summed E-state index contributed by atoms with van der Waals surface area (Å²) in [7, 11) is -1.59. The van der Waals surface area contributed by atoms with Gasteiger partial charge in [0.2, 0.25) is 0 Å². The molecule has 1 fully saturated rings. The lowest BCUT2D eigenvalue weighted by molar-refractivity contribution is 0.102. The molecule has 0 saturated carbocycles. The van der Waals surface area contributed by atoms with Gasteiger partial charge in [-0.1, -0.05) is 12.1 Å². The number of anilines is 1. The average Bonchev–Trinajstić information content (AvgIpc) is 3.31. The van der Waals surface area contributed by atoms with Gasteiger partial charge in [-0.3, -0.25) is 4.79 Å². The number of sulfone groups is 1. The first-order valence-corrected chi connectivity index (χ1v) is 11.2. The summed E-state index contributed by atoms with van der Waals surface area (Å²) in [5.41, 5.74) is 1.23. The van der Waals surface area contributed by atoms with Crippen LogP contribution >= 0.6 is 0 Å². The summed E-state index contributed by atoms with van der Waals surface area (Å²) in [6.45, 7) is 0. The van der Waals surface area contributed by atoms with Crippen molar-refractivity contribution in [2.75, 3.05) is 23.9 Å². The Balaban J connectivity index is 1.70. The number of hydrogen-bond donors (Lipinski definition) is 1. The van der Waals surface area contributed by atoms with E-state index in [0.717, 1.165) is 5.56 Å². The third-order valence-corrected chi connectivity index (χ3v) is 6.79. The fourth-order valence-corrected chi connectivity index (χ4v) is 5.16. The van der Waals surface area contributed by atoms with Crippen LogP contribution in [0.25, 0.3) is 11.3 Å². The zero-order chi connectivity index (χ0) is 21.3. The maximum atomic E-state index is 14.0. The number of nitrogens with one attached hydrogen (secondary N) is 1. The minimum Gasteiger partial charge on any atom is -0.497 e. The molecule has 1 atom stereocenters. The average molecular weight is 429 g/mol. The zero-order valence-corrected chi connectivity index (χ0v) is 17.0. The van der Waals surface area contributed by atoms with Crippen LogP contribution in [0.5, 0.6) is 5.75 Å². The number of nitrogens with zero attached hydrogens (tertiary/aromatic N) is 2. The van der Waals surface area contributed by atoms with Gasteiger partial charge < -0.3 is 10.1 Å². The van der Waals surface area contributed by atoms with Crippen molar-refractivity contribution in [3.63, 3.8) is 0 Å². The molecule has 3 aromatic rings. The Labute approximate surface area is 173 Å². The molecule has 1 aliphatic rings. The van der Waals surface area contributed by atoms with Gasteiger partial charge in [0.15, 0.2) is 9.84 Å². The van der Waals surface area contributed by atoms with E-state index in [1.165, 1.54) is 22.9 Å². The minimum atomic E-state index is -3.16. The van der Waals surface area contributed by atoms with Gasteiger partial charge in [-0.25, -0.2) is 17.5 Å². The maximum Gasteiger partial charge on any atom is 0.259 e. The lowest BCUT2D eigenvalue weighted by atomic mass is 10.1. The van der Waals surface area contributed by atoms with Crippen LogP contribution in [0.1, 0.15) is 22.8 Å². The highest BCUT2D eigenvalue weighted by atomic mass is 32.2. The van der Waals surface area contributed by atoms with Crippen molar-refractivity contribution in [3.8, 4) is 17.0 Å². The highest BCUT2D eigenvalue weighted by Crippen LogP contribution is 2.31. The SMILES string of the molecule is COc1ccc(-c2cc(NC(=O)c3ccccc3F)n([C@H]3CCS(=O)(=O)C3)n2)cc1. The second kappa shape index (κ2) is 7.91. The summed E-state index contributed by atoms with van der Waals surface area (Å²) >= 11 is 0. The molecular weight excluding hydrogens is 409 g/mol. The molecule has 0 bridgehead atoms. The predicted molar refractivity (Wildman–Crippen MR) is 111 cm³/mol. The highest BCUT2D eigenvalue weighted by molar-refractivity contribution is 7.91. The molecule has 156 valence electrons. The lowest BCUT2D eigenvalue weighted by Crippen LogP contribution is -2.20. The van der Waals surface area contributed by atoms with Crippen molar-refractivity contribution < 1.29 is 22.3 Å². The van der Waals surface area contributed by atoms with Crippen LogP contribution in [0, 0.1) is 5.82 Å². The van der Waals surface area contributed by atoms with Crippen molar-refractivity contribution in [1.29, 1.82) is 0 Å². The van der Waals surface area contributed by atoms with Crippen LogP contribution in [-0.2, 0) is 9.84 Å². The number of aromatic nitrogens is 2. The van der Waals surface area contributed by atoms with Gasteiger partial charge in [-0.15, -0.1) is 0 Å². The van der Waals surface area contributed by atoms with Crippen LogP contribution in [0.4, 0.5) is 10.2 Å². The molecule has 7 nitrogen and oxygen atoms in total. The van der Waals surface area contributed by atoms with Crippen LogP contribution in [0.3, 0.4) is 0 Å². The Morgan fingerprint density at radius 2 is 1.93 bits per heavy atom. The Hall–Kier alpha value is -3.20. The number of benzene rings is 2. The summed E-state index contributed by atoms with van der Waals surface area (Å²) < 4.78 is 44.6. The summed E-state index contributed by atoms with van der Waals surface area (Å²) in [6.07, 6.45) is 0.397. The van der Waals surface area contributed by atoms with E-state index in [1.54, 1.807) is 31.4 Å². The van der Waals surface area contributed by atoms with Crippen LogP contribution in [0.15, 0.2) is 54.6 Å². The van der Waals surface area contributed by atoms with E-state index >= 15 is 0 Å². The summed E-state index contributed by atoms with van der Waals surface area (Å²) in [5, 5.41) is 7.24. The number of rotatable bonds is 5. The normalized spacial score (nSPS) is 17.6. The molecular formula is C21H20FN3O4S. The first-order valence-electron chi connectivity index (χ1n) is 9.36. The molecule has 4 rings (SSSR count). The topological polar surface area (TPSA) is 90.3 Å².